The summed E-state index contributed by atoms with van der Waals surface area (Å²) >= 11 is 0. The Bertz CT molecular complexity index is 1510. The van der Waals surface area contributed by atoms with E-state index in [9.17, 15) is 4.79 Å². The fourth-order valence-corrected chi connectivity index (χ4v) is 8.41. The number of rotatable bonds is 18. The van der Waals surface area contributed by atoms with E-state index in [4.69, 9.17) is 9.47 Å². The van der Waals surface area contributed by atoms with E-state index in [0.717, 1.165) is 65.0 Å². The number of esters is 1. The molecule has 1 aliphatic heterocycles. The molecule has 0 fully saturated rings. The Hall–Kier alpha value is -2.81. The number of ether oxygens (including phenoxy) is 2. The second-order valence-corrected chi connectivity index (χ2v) is 18.3. The van der Waals surface area contributed by atoms with Gasteiger partial charge in [-0.05, 0) is 144 Å². The van der Waals surface area contributed by atoms with Crippen molar-refractivity contribution in [3.8, 4) is 11.5 Å². The van der Waals surface area contributed by atoms with Crippen LogP contribution in [-0.4, -0.2) is 11.6 Å². The molecule has 52 heavy (non-hydrogen) atoms. The van der Waals surface area contributed by atoms with Gasteiger partial charge in [0.2, 0.25) is 0 Å². The summed E-state index contributed by atoms with van der Waals surface area (Å²) in [5, 5.41) is 0. The third kappa shape index (κ3) is 13.2. The molecule has 0 amide bonds. The topological polar surface area (TPSA) is 35.5 Å². The molecule has 3 heteroatoms. The Morgan fingerprint density at radius 1 is 0.788 bits per heavy atom. The molecule has 1 aliphatic carbocycles. The molecule has 0 bridgehead atoms. The van der Waals surface area contributed by atoms with Crippen molar-refractivity contribution in [2.24, 2.45) is 23.2 Å². The molecule has 2 aliphatic rings. The van der Waals surface area contributed by atoms with E-state index in [1.165, 1.54) is 92.9 Å². The van der Waals surface area contributed by atoms with Crippen molar-refractivity contribution in [2.75, 3.05) is 0 Å². The second-order valence-electron chi connectivity index (χ2n) is 18.3. The number of fused-ring (bicyclic) bond motifs is 1. The third-order valence-corrected chi connectivity index (χ3v) is 12.2. The molecule has 0 unspecified atom stereocenters. The van der Waals surface area contributed by atoms with Crippen LogP contribution in [0.2, 0.25) is 0 Å². The number of carbonyl (C=O) groups excluding carboxylic acids is 1. The van der Waals surface area contributed by atoms with Crippen molar-refractivity contribution in [2.45, 2.75) is 186 Å². The second kappa shape index (κ2) is 20.0. The molecular formula is C49H76O3. The Morgan fingerprint density at radius 2 is 1.42 bits per heavy atom. The van der Waals surface area contributed by atoms with E-state index in [0.29, 0.717) is 5.75 Å². The Morgan fingerprint density at radius 3 is 2.06 bits per heavy atom. The number of hydrogen-bond donors (Lipinski definition) is 0. The molecule has 0 spiro atoms. The molecule has 290 valence electrons. The predicted molar refractivity (Wildman–Crippen MR) is 224 cm³/mol. The highest BCUT2D eigenvalue weighted by Gasteiger charge is 2.35. The van der Waals surface area contributed by atoms with E-state index in [2.05, 4.69) is 101 Å². The van der Waals surface area contributed by atoms with Crippen LogP contribution in [0.5, 0.6) is 11.5 Å². The van der Waals surface area contributed by atoms with Crippen LogP contribution in [0.4, 0.5) is 0 Å². The molecule has 0 aromatic heterocycles. The van der Waals surface area contributed by atoms with E-state index in [1.54, 1.807) is 6.08 Å². The molecule has 1 aromatic carbocycles. The average molecular weight is 713 g/mol. The minimum Gasteiger partial charge on any atom is -0.487 e. The lowest BCUT2D eigenvalue weighted by Crippen LogP contribution is -2.37. The predicted octanol–water partition coefficient (Wildman–Crippen LogP) is 14.6. The van der Waals surface area contributed by atoms with Gasteiger partial charge >= 0.3 is 5.97 Å². The number of benzene rings is 1. The summed E-state index contributed by atoms with van der Waals surface area (Å²) in [5.41, 5.74) is 9.38. The smallest absolute Gasteiger partial charge is 0.336 e. The third-order valence-electron chi connectivity index (χ3n) is 12.2. The van der Waals surface area contributed by atoms with Crippen molar-refractivity contribution in [1.29, 1.82) is 0 Å². The van der Waals surface area contributed by atoms with Crippen LogP contribution in [0.3, 0.4) is 0 Å². The first-order valence-electron chi connectivity index (χ1n) is 20.9. The SMILES string of the molecule is CC(C=CC1=C(C)CCCC1(C)C)=C/C=C/C(C)=CC(=O)Oc1c(C)c(C)c2c(c1C)CC[C@@](C)(CCC[C@H](C)CCC[C@H](C)CCCC(C)C)O2. The van der Waals surface area contributed by atoms with Crippen LogP contribution in [0.25, 0.3) is 0 Å². The van der Waals surface area contributed by atoms with Gasteiger partial charge < -0.3 is 9.47 Å². The Balaban J connectivity index is 1.54. The molecule has 0 radical (unpaired) electrons. The van der Waals surface area contributed by atoms with Gasteiger partial charge in [-0.3, -0.25) is 0 Å². The fourth-order valence-electron chi connectivity index (χ4n) is 8.41. The highest BCUT2D eigenvalue weighted by Crippen LogP contribution is 2.45. The van der Waals surface area contributed by atoms with Crippen LogP contribution < -0.4 is 9.47 Å². The molecule has 3 nitrogen and oxygen atoms in total. The van der Waals surface area contributed by atoms with E-state index in [-0.39, 0.29) is 17.0 Å². The summed E-state index contributed by atoms with van der Waals surface area (Å²) < 4.78 is 12.9. The number of allylic oxidation sites excluding steroid dienone is 9. The van der Waals surface area contributed by atoms with Crippen molar-refractivity contribution < 1.29 is 14.3 Å². The van der Waals surface area contributed by atoms with Gasteiger partial charge in [0.1, 0.15) is 17.1 Å². The largest absolute Gasteiger partial charge is 0.487 e. The minimum atomic E-state index is -0.341. The highest BCUT2D eigenvalue weighted by atomic mass is 16.5. The molecule has 1 aromatic rings. The summed E-state index contributed by atoms with van der Waals surface area (Å²) in [6, 6.07) is 0. The van der Waals surface area contributed by atoms with Gasteiger partial charge in [0, 0.05) is 11.6 Å². The molecule has 0 N–H and O–H groups in total. The summed E-state index contributed by atoms with van der Waals surface area (Å²) in [5.74, 6) is 3.80. The number of carbonyl (C=O) groups is 1. The standard InChI is InChI=1S/C49H76O3/c1-34(2)19-14-20-35(3)21-15-22-36(4)25-17-31-49(13)32-29-43-42(10)46(40(8)41(9)47(43)52-49)51-45(50)33-38(6)24-16-23-37(5)27-28-44-39(7)26-18-30-48(44,11)12/h16,23-24,27-28,33-36H,14-15,17-22,25-26,29-32H2,1-13H3/b24-16+,28-27?,37-23?,38-33?/t35-,36-,49-/m1/s1. The summed E-state index contributed by atoms with van der Waals surface area (Å²) in [6.45, 7) is 29.1. The van der Waals surface area contributed by atoms with E-state index in [1.807, 2.05) is 19.1 Å². The van der Waals surface area contributed by atoms with E-state index >= 15 is 0 Å². The first kappa shape index (κ1) is 43.6. The number of hydrogen-bond acceptors (Lipinski definition) is 3. The first-order valence-corrected chi connectivity index (χ1v) is 20.9. The first-order chi connectivity index (χ1) is 24.4. The lowest BCUT2D eigenvalue weighted by Gasteiger charge is -2.38. The zero-order valence-electron chi connectivity index (χ0n) is 35.8. The highest BCUT2D eigenvalue weighted by molar-refractivity contribution is 5.86. The maximum absolute atomic E-state index is 13.1. The summed E-state index contributed by atoms with van der Waals surface area (Å²) in [7, 11) is 0. The Kier molecular flexibility index (Phi) is 16.8. The molecule has 3 atom stereocenters. The lowest BCUT2D eigenvalue weighted by molar-refractivity contribution is -0.129. The molecule has 0 saturated heterocycles. The molecule has 3 rings (SSSR count). The van der Waals surface area contributed by atoms with Crippen LogP contribution >= 0.6 is 0 Å². The van der Waals surface area contributed by atoms with Crippen molar-refractivity contribution in [1.82, 2.24) is 0 Å². The quantitative estimate of drug-likeness (QED) is 0.0658. The van der Waals surface area contributed by atoms with Gasteiger partial charge in [0.25, 0.3) is 0 Å². The van der Waals surface area contributed by atoms with Gasteiger partial charge in [-0.2, -0.15) is 0 Å². The molecule has 0 saturated carbocycles. The van der Waals surface area contributed by atoms with E-state index < -0.39 is 0 Å². The Labute approximate surface area is 320 Å². The zero-order chi connectivity index (χ0) is 38.6. The van der Waals surface area contributed by atoms with Gasteiger partial charge in [0.15, 0.2) is 0 Å². The van der Waals surface area contributed by atoms with Gasteiger partial charge in [-0.1, -0.05) is 128 Å². The normalized spacial score (nSPS) is 20.8. The lowest BCUT2D eigenvalue weighted by atomic mass is 9.72. The zero-order valence-corrected chi connectivity index (χ0v) is 35.8. The van der Waals surface area contributed by atoms with Crippen LogP contribution in [0.1, 0.15) is 175 Å². The summed E-state index contributed by atoms with van der Waals surface area (Å²) in [6.07, 6.45) is 29.5. The average Bonchev–Trinajstić information content (AvgIpc) is 3.05. The summed E-state index contributed by atoms with van der Waals surface area (Å²) in [4.78, 5) is 13.1. The molecule has 1 heterocycles. The van der Waals surface area contributed by atoms with Crippen LogP contribution in [-0.2, 0) is 11.2 Å². The van der Waals surface area contributed by atoms with Crippen LogP contribution in [0.15, 0.2) is 58.7 Å². The van der Waals surface area contributed by atoms with Crippen molar-refractivity contribution >= 4 is 5.97 Å². The van der Waals surface area contributed by atoms with Crippen molar-refractivity contribution in [3.05, 3.63) is 81.0 Å². The van der Waals surface area contributed by atoms with Gasteiger partial charge in [-0.15, -0.1) is 0 Å². The van der Waals surface area contributed by atoms with Gasteiger partial charge in [0.05, 0.1) is 0 Å². The maximum Gasteiger partial charge on any atom is 0.336 e. The van der Waals surface area contributed by atoms with Crippen LogP contribution in [0, 0.1) is 43.9 Å². The maximum atomic E-state index is 13.1. The molecular weight excluding hydrogens is 637 g/mol. The van der Waals surface area contributed by atoms with Crippen molar-refractivity contribution in [3.63, 3.8) is 0 Å². The van der Waals surface area contributed by atoms with Gasteiger partial charge in [-0.25, -0.2) is 4.79 Å². The fraction of sp³-hybridized carbons (Fsp3) is 0.653. The minimum absolute atomic E-state index is 0.156. The monoisotopic (exact) mass is 713 g/mol.